The van der Waals surface area contributed by atoms with Gasteiger partial charge in [-0.2, -0.15) is 4.31 Å². The average molecular weight is 652 g/mol. The molecule has 1 fully saturated rings. The minimum atomic E-state index is -3.67. The van der Waals surface area contributed by atoms with Gasteiger partial charge in [-0.05, 0) is 42.0 Å². The predicted octanol–water partition coefficient (Wildman–Crippen LogP) is 5.47. The van der Waals surface area contributed by atoms with Crippen LogP contribution in [0.1, 0.15) is 5.56 Å². The first kappa shape index (κ1) is 29.7. The first-order valence-corrected chi connectivity index (χ1v) is 16.9. The van der Waals surface area contributed by atoms with Gasteiger partial charge in [0.2, 0.25) is 21.9 Å². The summed E-state index contributed by atoms with van der Waals surface area (Å²) < 4.78 is 35.2. The number of sulfonamides is 1. The molecular formula is C33H29N7O4S2. The molecule has 46 heavy (non-hydrogen) atoms. The summed E-state index contributed by atoms with van der Waals surface area (Å²) in [6.07, 6.45) is 3.86. The zero-order valence-corrected chi connectivity index (χ0v) is 26.2. The van der Waals surface area contributed by atoms with E-state index in [1.54, 1.807) is 36.5 Å². The Bertz CT molecular complexity index is 2120. The van der Waals surface area contributed by atoms with Crippen molar-refractivity contribution in [2.24, 2.45) is 0 Å². The number of amides is 1. The normalized spacial score (nSPS) is 13.9. The molecule has 7 rings (SSSR count). The highest BCUT2D eigenvalue weighted by atomic mass is 32.2. The van der Waals surface area contributed by atoms with Gasteiger partial charge in [-0.1, -0.05) is 48.5 Å². The highest BCUT2D eigenvalue weighted by Gasteiger charge is 2.26. The summed E-state index contributed by atoms with van der Waals surface area (Å²) in [7, 11) is -3.67. The number of fused-ring (bicyclic) bond motifs is 1. The van der Waals surface area contributed by atoms with Gasteiger partial charge in [0.25, 0.3) is 0 Å². The molecule has 232 valence electrons. The SMILES string of the molecule is O=C(Cc1ccccc1)Nc1cccc(-c2nc3sccn3c2-c2ccnc(Nc3cccc(S(=O)(=O)N4CCOCC4)c3)n2)c1. The van der Waals surface area contributed by atoms with Crippen LogP contribution in [0.4, 0.5) is 17.3 Å². The van der Waals surface area contributed by atoms with E-state index in [9.17, 15) is 13.2 Å². The number of morpholine rings is 1. The Hall–Kier alpha value is -4.95. The topological polar surface area (TPSA) is 131 Å². The fraction of sp³-hybridized carbons (Fsp3) is 0.152. The molecule has 13 heteroatoms. The van der Waals surface area contributed by atoms with Crippen molar-refractivity contribution in [1.82, 2.24) is 23.7 Å². The lowest BCUT2D eigenvalue weighted by molar-refractivity contribution is -0.115. The van der Waals surface area contributed by atoms with Crippen molar-refractivity contribution in [3.8, 4) is 22.6 Å². The van der Waals surface area contributed by atoms with Crippen LogP contribution in [-0.2, 0) is 26.0 Å². The summed E-state index contributed by atoms with van der Waals surface area (Å²) in [6, 6.07) is 25.6. The van der Waals surface area contributed by atoms with Crippen LogP contribution in [0, 0.1) is 0 Å². The highest BCUT2D eigenvalue weighted by Crippen LogP contribution is 2.35. The van der Waals surface area contributed by atoms with Gasteiger partial charge in [-0.15, -0.1) is 11.3 Å². The maximum Gasteiger partial charge on any atom is 0.243 e. The second kappa shape index (κ2) is 12.8. The van der Waals surface area contributed by atoms with Crippen LogP contribution >= 0.6 is 11.3 Å². The minimum Gasteiger partial charge on any atom is -0.379 e. The largest absolute Gasteiger partial charge is 0.379 e. The van der Waals surface area contributed by atoms with E-state index in [2.05, 4.69) is 15.6 Å². The Morgan fingerprint density at radius 2 is 1.72 bits per heavy atom. The van der Waals surface area contributed by atoms with Crippen molar-refractivity contribution < 1.29 is 17.9 Å². The van der Waals surface area contributed by atoms with Gasteiger partial charge >= 0.3 is 0 Å². The van der Waals surface area contributed by atoms with Crippen molar-refractivity contribution in [2.45, 2.75) is 11.3 Å². The number of ether oxygens (including phenoxy) is 1. The van der Waals surface area contributed by atoms with Crippen LogP contribution in [-0.4, -0.2) is 64.3 Å². The molecule has 1 saturated heterocycles. The summed E-state index contributed by atoms with van der Waals surface area (Å²) in [4.78, 5) is 27.9. The Labute approximate surface area is 269 Å². The molecular weight excluding hydrogens is 623 g/mol. The zero-order chi connectivity index (χ0) is 31.5. The third-order valence-electron chi connectivity index (χ3n) is 7.49. The summed E-state index contributed by atoms with van der Waals surface area (Å²) in [5.74, 6) is 0.194. The third kappa shape index (κ3) is 6.26. The number of nitrogens with one attached hydrogen (secondary N) is 2. The van der Waals surface area contributed by atoms with Crippen LogP contribution in [0.5, 0.6) is 0 Å². The number of aromatic nitrogens is 4. The molecule has 0 bridgehead atoms. The number of thiazole rings is 1. The lowest BCUT2D eigenvalue weighted by Gasteiger charge is -2.26. The molecule has 11 nitrogen and oxygen atoms in total. The Balaban J connectivity index is 1.16. The van der Waals surface area contributed by atoms with E-state index in [0.717, 1.165) is 21.8 Å². The zero-order valence-electron chi connectivity index (χ0n) is 24.5. The van der Waals surface area contributed by atoms with Gasteiger partial charge < -0.3 is 15.4 Å². The number of imidazole rings is 1. The van der Waals surface area contributed by atoms with Crippen LogP contribution in [0.25, 0.3) is 27.6 Å². The van der Waals surface area contributed by atoms with Gasteiger partial charge in [0.1, 0.15) is 5.69 Å². The first-order valence-electron chi connectivity index (χ1n) is 14.6. The average Bonchev–Trinajstić information content (AvgIpc) is 3.68. The first-order chi connectivity index (χ1) is 22.4. The van der Waals surface area contributed by atoms with Gasteiger partial charge in [0, 0.05) is 47.8 Å². The van der Waals surface area contributed by atoms with Crippen molar-refractivity contribution in [2.75, 3.05) is 36.9 Å². The van der Waals surface area contributed by atoms with Gasteiger partial charge in [0.15, 0.2) is 4.96 Å². The van der Waals surface area contributed by atoms with E-state index in [1.807, 2.05) is 70.6 Å². The monoisotopic (exact) mass is 651 g/mol. The van der Waals surface area contributed by atoms with E-state index in [1.165, 1.54) is 15.6 Å². The minimum absolute atomic E-state index is 0.109. The third-order valence-corrected chi connectivity index (χ3v) is 10.1. The molecule has 3 aromatic heterocycles. The molecule has 3 aromatic carbocycles. The van der Waals surface area contributed by atoms with Gasteiger partial charge in [-0.3, -0.25) is 9.20 Å². The summed E-state index contributed by atoms with van der Waals surface area (Å²) in [6.45, 7) is 1.38. The fourth-order valence-electron chi connectivity index (χ4n) is 5.31. The number of nitrogens with zero attached hydrogens (tertiary/aromatic N) is 5. The van der Waals surface area contributed by atoms with Crippen molar-refractivity contribution in [3.05, 3.63) is 108 Å². The highest BCUT2D eigenvalue weighted by molar-refractivity contribution is 7.89. The maximum atomic E-state index is 13.2. The number of carbonyl (C=O) groups excluding carboxylic acids is 1. The second-order valence-corrected chi connectivity index (χ2v) is 13.4. The van der Waals surface area contributed by atoms with Crippen LogP contribution < -0.4 is 10.6 Å². The molecule has 1 aliphatic heterocycles. The van der Waals surface area contributed by atoms with E-state index in [4.69, 9.17) is 14.7 Å². The molecule has 0 unspecified atom stereocenters. The van der Waals surface area contributed by atoms with Crippen molar-refractivity contribution >= 4 is 49.6 Å². The lowest BCUT2D eigenvalue weighted by atomic mass is 10.1. The van der Waals surface area contributed by atoms with E-state index in [0.29, 0.717) is 55.0 Å². The Morgan fingerprint density at radius 1 is 0.913 bits per heavy atom. The molecule has 0 spiro atoms. The molecule has 0 radical (unpaired) electrons. The molecule has 1 aliphatic rings. The Morgan fingerprint density at radius 3 is 2.57 bits per heavy atom. The second-order valence-electron chi connectivity index (χ2n) is 10.6. The van der Waals surface area contributed by atoms with Crippen molar-refractivity contribution in [3.63, 3.8) is 0 Å². The molecule has 0 saturated carbocycles. The number of hydrogen-bond donors (Lipinski definition) is 2. The number of rotatable bonds is 9. The molecule has 0 aliphatic carbocycles. The standard InChI is InChI=1S/C33H29N7O4S2/c41-29(20-23-6-2-1-3-7-23)35-25-9-4-8-24(21-25)30-31(40-16-19-45-33(40)38-30)28-12-13-34-32(37-28)36-26-10-5-11-27(22-26)46(42,43)39-14-17-44-18-15-39/h1-13,16,19,21-22H,14-15,17-18,20H2,(H,35,41)(H,34,36,37). The van der Waals surface area contributed by atoms with Crippen molar-refractivity contribution in [1.29, 1.82) is 0 Å². The lowest BCUT2D eigenvalue weighted by Crippen LogP contribution is -2.40. The van der Waals surface area contributed by atoms with Gasteiger partial charge in [0.05, 0.1) is 35.9 Å². The van der Waals surface area contributed by atoms with E-state index >= 15 is 0 Å². The quantitative estimate of drug-likeness (QED) is 0.211. The molecule has 4 heterocycles. The van der Waals surface area contributed by atoms with E-state index < -0.39 is 10.0 Å². The van der Waals surface area contributed by atoms with Gasteiger partial charge in [-0.25, -0.2) is 23.4 Å². The van der Waals surface area contributed by atoms with Crippen LogP contribution in [0.2, 0.25) is 0 Å². The molecule has 1 amide bonds. The molecule has 0 atom stereocenters. The predicted molar refractivity (Wildman–Crippen MR) is 178 cm³/mol. The smallest absolute Gasteiger partial charge is 0.243 e. The number of carbonyl (C=O) groups is 1. The molecule has 2 N–H and O–H groups in total. The summed E-state index contributed by atoms with van der Waals surface area (Å²) in [5, 5.41) is 8.13. The van der Waals surface area contributed by atoms with Crippen LogP contribution in [0.3, 0.4) is 0 Å². The number of hydrogen-bond acceptors (Lipinski definition) is 9. The van der Waals surface area contributed by atoms with Crippen LogP contribution in [0.15, 0.2) is 108 Å². The number of anilines is 3. The summed E-state index contributed by atoms with van der Waals surface area (Å²) in [5.41, 5.74) is 5.04. The Kier molecular flexibility index (Phi) is 8.28. The van der Waals surface area contributed by atoms with E-state index in [-0.39, 0.29) is 17.2 Å². The number of benzene rings is 3. The molecule has 6 aromatic rings. The maximum absolute atomic E-state index is 13.2. The fourth-order valence-corrected chi connectivity index (χ4v) is 7.48. The summed E-state index contributed by atoms with van der Waals surface area (Å²) >= 11 is 1.50.